The Kier molecular flexibility index (Phi) is 5.76. The van der Waals surface area contributed by atoms with Gasteiger partial charge in [0.2, 0.25) is 10.0 Å². The van der Waals surface area contributed by atoms with Crippen molar-refractivity contribution in [2.75, 3.05) is 23.7 Å². The van der Waals surface area contributed by atoms with Crippen molar-refractivity contribution in [1.29, 1.82) is 0 Å². The molecule has 3 aromatic heterocycles. The Hall–Kier alpha value is -2.56. The van der Waals surface area contributed by atoms with Gasteiger partial charge in [0, 0.05) is 24.2 Å². The van der Waals surface area contributed by atoms with Crippen molar-refractivity contribution in [3.63, 3.8) is 0 Å². The first kappa shape index (κ1) is 18.2. The summed E-state index contributed by atoms with van der Waals surface area (Å²) in [5.41, 5.74) is 0.820. The number of aryl methyl sites for hydroxylation is 1. The number of sulfonamides is 1. The molecule has 0 aliphatic heterocycles. The molecule has 0 saturated heterocycles. The lowest BCUT2D eigenvalue weighted by Gasteiger charge is -2.08. The molecule has 0 atom stereocenters. The number of rotatable bonds is 8. The van der Waals surface area contributed by atoms with Crippen molar-refractivity contribution in [3.8, 4) is 0 Å². The Morgan fingerprint density at radius 3 is 2.50 bits per heavy atom. The first-order valence-corrected chi connectivity index (χ1v) is 10.1. The Balaban J connectivity index is 1.46. The summed E-state index contributed by atoms with van der Waals surface area (Å²) in [7, 11) is -3.46. The predicted molar refractivity (Wildman–Crippen MR) is 102 cm³/mol. The van der Waals surface area contributed by atoms with Gasteiger partial charge in [-0.05, 0) is 43.3 Å². The highest BCUT2D eigenvalue weighted by Gasteiger charge is 2.15. The number of pyridine rings is 1. The molecule has 0 saturated carbocycles. The van der Waals surface area contributed by atoms with E-state index in [4.69, 9.17) is 0 Å². The van der Waals surface area contributed by atoms with E-state index in [0.29, 0.717) is 22.4 Å². The fourth-order valence-electron chi connectivity index (χ4n) is 2.08. The van der Waals surface area contributed by atoms with Crippen molar-refractivity contribution in [1.82, 2.24) is 19.9 Å². The minimum Gasteiger partial charge on any atom is -0.367 e. The average molecular weight is 390 g/mol. The Labute approximate surface area is 155 Å². The molecule has 0 spiro atoms. The minimum absolute atomic E-state index is 0.247. The topological polar surface area (TPSA) is 109 Å². The van der Waals surface area contributed by atoms with E-state index >= 15 is 0 Å². The maximum Gasteiger partial charge on any atom is 0.250 e. The summed E-state index contributed by atoms with van der Waals surface area (Å²) < 4.78 is 27.1. The molecule has 3 heterocycles. The second-order valence-corrected chi connectivity index (χ2v) is 8.64. The quantitative estimate of drug-likeness (QED) is 0.507. The van der Waals surface area contributed by atoms with E-state index in [9.17, 15) is 8.42 Å². The first-order chi connectivity index (χ1) is 12.5. The van der Waals surface area contributed by atoms with Crippen LogP contribution in [0.1, 0.15) is 4.88 Å². The van der Waals surface area contributed by atoms with Gasteiger partial charge in [0.05, 0.1) is 11.9 Å². The van der Waals surface area contributed by atoms with Crippen LogP contribution in [-0.2, 0) is 10.0 Å². The standard InChI is InChI=1S/C16H18N6O2S2/c1-12-4-7-16(25-12)26(23,24)19-10-9-18-14-5-6-15(22-21-14)20-13-3-2-8-17-11-13/h2-8,11,19H,9-10H2,1H3,(H,18,21)(H,20,22). The zero-order valence-corrected chi connectivity index (χ0v) is 15.6. The van der Waals surface area contributed by atoms with Crippen molar-refractivity contribution >= 4 is 38.7 Å². The van der Waals surface area contributed by atoms with Crippen molar-refractivity contribution in [2.24, 2.45) is 0 Å². The van der Waals surface area contributed by atoms with E-state index in [1.54, 1.807) is 36.7 Å². The molecule has 0 bridgehead atoms. The molecular formula is C16H18N6O2S2. The van der Waals surface area contributed by atoms with Gasteiger partial charge in [-0.2, -0.15) is 0 Å². The predicted octanol–water partition coefficient (Wildman–Crippen LogP) is 2.38. The number of thiophene rings is 1. The van der Waals surface area contributed by atoms with Crippen LogP contribution in [-0.4, -0.2) is 36.7 Å². The molecule has 3 rings (SSSR count). The summed E-state index contributed by atoms with van der Waals surface area (Å²) in [6.07, 6.45) is 3.38. The van der Waals surface area contributed by atoms with E-state index < -0.39 is 10.0 Å². The Morgan fingerprint density at radius 2 is 1.85 bits per heavy atom. The number of anilines is 3. The third-order valence-electron chi connectivity index (χ3n) is 3.30. The van der Waals surface area contributed by atoms with Crippen LogP contribution in [0, 0.1) is 6.92 Å². The van der Waals surface area contributed by atoms with Gasteiger partial charge in [-0.25, -0.2) is 13.1 Å². The molecule has 0 aliphatic carbocycles. The maximum absolute atomic E-state index is 12.1. The maximum atomic E-state index is 12.1. The number of aromatic nitrogens is 3. The zero-order valence-electron chi connectivity index (χ0n) is 14.0. The monoisotopic (exact) mass is 390 g/mol. The van der Waals surface area contributed by atoms with Crippen LogP contribution in [0.4, 0.5) is 17.3 Å². The number of nitrogens with one attached hydrogen (secondary N) is 3. The van der Waals surface area contributed by atoms with Crippen LogP contribution in [0.25, 0.3) is 0 Å². The number of hydrogen-bond acceptors (Lipinski definition) is 8. The largest absolute Gasteiger partial charge is 0.367 e. The fourth-order valence-corrected chi connectivity index (χ4v) is 4.44. The smallest absolute Gasteiger partial charge is 0.250 e. The van der Waals surface area contributed by atoms with Gasteiger partial charge in [-0.15, -0.1) is 21.5 Å². The minimum atomic E-state index is -3.46. The molecule has 0 aliphatic rings. The normalized spacial score (nSPS) is 11.3. The van der Waals surface area contributed by atoms with Crippen molar-refractivity contribution in [2.45, 2.75) is 11.1 Å². The van der Waals surface area contributed by atoms with E-state index in [0.717, 1.165) is 10.6 Å². The molecule has 0 fully saturated rings. The molecule has 26 heavy (non-hydrogen) atoms. The zero-order chi connectivity index (χ0) is 18.4. The highest BCUT2D eigenvalue weighted by Crippen LogP contribution is 2.20. The summed E-state index contributed by atoms with van der Waals surface area (Å²) in [6, 6.07) is 10.6. The second kappa shape index (κ2) is 8.21. The third kappa shape index (κ3) is 4.97. The molecule has 8 nitrogen and oxygen atoms in total. The van der Waals surface area contributed by atoms with Crippen LogP contribution < -0.4 is 15.4 Å². The molecule has 3 aromatic rings. The Bertz CT molecular complexity index is 942. The molecule has 0 radical (unpaired) electrons. The van der Waals surface area contributed by atoms with Gasteiger partial charge in [-0.3, -0.25) is 4.98 Å². The highest BCUT2D eigenvalue weighted by atomic mass is 32.2. The van der Waals surface area contributed by atoms with Crippen molar-refractivity contribution in [3.05, 3.63) is 53.7 Å². The summed E-state index contributed by atoms with van der Waals surface area (Å²) in [5, 5.41) is 14.2. The van der Waals surface area contributed by atoms with E-state index in [2.05, 4.69) is 30.5 Å². The lowest BCUT2D eigenvalue weighted by atomic mass is 10.4. The molecular weight excluding hydrogens is 372 g/mol. The molecule has 0 aromatic carbocycles. The van der Waals surface area contributed by atoms with Crippen LogP contribution in [0.15, 0.2) is 53.0 Å². The SMILES string of the molecule is Cc1ccc(S(=O)(=O)NCCNc2ccc(Nc3cccnc3)nn2)s1. The highest BCUT2D eigenvalue weighted by molar-refractivity contribution is 7.91. The van der Waals surface area contributed by atoms with E-state index in [1.807, 2.05) is 19.1 Å². The van der Waals surface area contributed by atoms with Crippen LogP contribution >= 0.6 is 11.3 Å². The van der Waals surface area contributed by atoms with Crippen LogP contribution in [0.3, 0.4) is 0 Å². The van der Waals surface area contributed by atoms with Crippen LogP contribution in [0.5, 0.6) is 0 Å². The molecule has 0 amide bonds. The summed E-state index contributed by atoms with van der Waals surface area (Å²) in [5.74, 6) is 1.16. The second-order valence-electron chi connectivity index (χ2n) is 5.36. The van der Waals surface area contributed by atoms with Gasteiger partial charge in [0.25, 0.3) is 0 Å². The molecule has 136 valence electrons. The van der Waals surface area contributed by atoms with Crippen LogP contribution in [0.2, 0.25) is 0 Å². The molecule has 0 unspecified atom stereocenters. The first-order valence-electron chi connectivity index (χ1n) is 7.84. The van der Waals surface area contributed by atoms with E-state index in [1.165, 1.54) is 11.3 Å². The molecule has 3 N–H and O–H groups in total. The number of nitrogens with zero attached hydrogens (tertiary/aromatic N) is 3. The van der Waals surface area contributed by atoms with Crippen molar-refractivity contribution < 1.29 is 8.42 Å². The van der Waals surface area contributed by atoms with Gasteiger partial charge in [0.15, 0.2) is 5.82 Å². The average Bonchev–Trinajstić information content (AvgIpc) is 3.08. The van der Waals surface area contributed by atoms with Gasteiger partial charge < -0.3 is 10.6 Å². The van der Waals surface area contributed by atoms with E-state index in [-0.39, 0.29) is 6.54 Å². The summed E-state index contributed by atoms with van der Waals surface area (Å²) in [4.78, 5) is 4.97. The van der Waals surface area contributed by atoms with Gasteiger partial charge in [0.1, 0.15) is 10.0 Å². The summed E-state index contributed by atoms with van der Waals surface area (Å²) in [6.45, 7) is 2.51. The molecule has 10 heteroatoms. The summed E-state index contributed by atoms with van der Waals surface area (Å²) >= 11 is 1.25. The van der Waals surface area contributed by atoms with Gasteiger partial charge in [-0.1, -0.05) is 0 Å². The Morgan fingerprint density at radius 1 is 1.04 bits per heavy atom. The lowest BCUT2D eigenvalue weighted by Crippen LogP contribution is -2.28. The number of hydrogen-bond donors (Lipinski definition) is 3. The lowest BCUT2D eigenvalue weighted by molar-refractivity contribution is 0.585. The van der Waals surface area contributed by atoms with Gasteiger partial charge >= 0.3 is 0 Å². The fraction of sp³-hybridized carbons (Fsp3) is 0.188. The third-order valence-corrected chi connectivity index (χ3v) is 6.26.